The van der Waals surface area contributed by atoms with Crippen LogP contribution in [0.5, 0.6) is 5.75 Å². The van der Waals surface area contributed by atoms with Crippen LogP contribution < -0.4 is 5.32 Å². The van der Waals surface area contributed by atoms with Gasteiger partial charge in [-0.05, 0) is 48.2 Å². The van der Waals surface area contributed by atoms with Crippen LogP contribution in [-0.2, 0) is 13.1 Å². The molecule has 32 heavy (non-hydrogen) atoms. The lowest BCUT2D eigenvalue weighted by atomic mass is 10.0. The number of nitrogens with zero attached hydrogens (tertiary/aromatic N) is 5. The summed E-state index contributed by atoms with van der Waals surface area (Å²) in [5.41, 5.74) is 3.69. The Morgan fingerprint density at radius 3 is 2.41 bits per heavy atom. The maximum absolute atomic E-state index is 13.3. The molecule has 1 aliphatic rings. The van der Waals surface area contributed by atoms with Crippen molar-refractivity contribution in [2.24, 2.45) is 0 Å². The fourth-order valence-corrected chi connectivity index (χ4v) is 4.19. The first-order valence-corrected chi connectivity index (χ1v) is 10.8. The molecule has 0 aliphatic carbocycles. The molecular weight excluding hydrogens is 407 g/mol. The summed E-state index contributed by atoms with van der Waals surface area (Å²) in [5.74, 6) is 0.816. The second-order valence-electron chi connectivity index (χ2n) is 8.24. The molecule has 0 saturated carbocycles. The van der Waals surface area contributed by atoms with Crippen molar-refractivity contribution in [3.05, 3.63) is 78.0 Å². The number of piperidine rings is 1. The third-order valence-electron chi connectivity index (χ3n) is 5.95. The van der Waals surface area contributed by atoms with Crippen molar-refractivity contribution < 1.29 is 9.50 Å². The van der Waals surface area contributed by atoms with E-state index in [-0.39, 0.29) is 5.82 Å². The molecule has 0 unspecified atom stereocenters. The summed E-state index contributed by atoms with van der Waals surface area (Å²) >= 11 is 0. The van der Waals surface area contributed by atoms with E-state index in [2.05, 4.69) is 24.8 Å². The molecule has 1 fully saturated rings. The van der Waals surface area contributed by atoms with Crippen LogP contribution in [0.3, 0.4) is 0 Å². The number of anilines is 1. The van der Waals surface area contributed by atoms with Crippen LogP contribution in [0.25, 0.3) is 11.2 Å². The highest BCUT2D eigenvalue weighted by molar-refractivity contribution is 5.73. The lowest BCUT2D eigenvalue weighted by molar-refractivity contribution is 0.211. The molecule has 5 rings (SSSR count). The summed E-state index contributed by atoms with van der Waals surface area (Å²) in [6, 6.07) is 14.2. The molecule has 3 heterocycles. The smallest absolute Gasteiger partial charge is 0.206 e. The van der Waals surface area contributed by atoms with Gasteiger partial charge in [0, 0.05) is 25.7 Å². The Bertz CT molecular complexity index is 1180. The van der Waals surface area contributed by atoms with Gasteiger partial charge in [0.1, 0.15) is 23.4 Å². The van der Waals surface area contributed by atoms with Crippen molar-refractivity contribution in [1.29, 1.82) is 0 Å². The number of phenols is 1. The summed E-state index contributed by atoms with van der Waals surface area (Å²) in [5, 5.41) is 13.1. The number of likely N-dealkylation sites (tertiary alicyclic amines) is 1. The van der Waals surface area contributed by atoms with E-state index in [9.17, 15) is 9.50 Å². The summed E-state index contributed by atoms with van der Waals surface area (Å²) in [6.45, 7) is 3.41. The van der Waals surface area contributed by atoms with E-state index in [4.69, 9.17) is 4.98 Å². The predicted octanol–water partition coefficient (Wildman–Crippen LogP) is 3.80. The number of phenolic OH excluding ortho intramolecular Hbond substituents is 1. The first-order valence-electron chi connectivity index (χ1n) is 10.8. The maximum atomic E-state index is 13.3. The number of fused-ring (bicyclic) bond motifs is 1. The van der Waals surface area contributed by atoms with Gasteiger partial charge in [0.05, 0.1) is 12.7 Å². The largest absolute Gasteiger partial charge is 0.508 e. The Balaban J connectivity index is 1.28. The quantitative estimate of drug-likeness (QED) is 0.483. The molecule has 164 valence electrons. The Kier molecular flexibility index (Phi) is 5.68. The SMILES string of the molecule is Oc1ccc(CN2CCC(Nc3nc4ncncc4n3Cc3ccc(F)cc3)CC2)cc1. The third-order valence-corrected chi connectivity index (χ3v) is 5.95. The average Bonchev–Trinajstić information content (AvgIpc) is 3.15. The van der Waals surface area contributed by atoms with Gasteiger partial charge in [-0.1, -0.05) is 24.3 Å². The lowest BCUT2D eigenvalue weighted by Gasteiger charge is -2.32. The normalized spacial score (nSPS) is 15.3. The minimum absolute atomic E-state index is 0.245. The van der Waals surface area contributed by atoms with Gasteiger partial charge in [0.2, 0.25) is 5.95 Å². The molecule has 2 aromatic heterocycles. The molecule has 1 aliphatic heterocycles. The van der Waals surface area contributed by atoms with Crippen LogP contribution in [0.1, 0.15) is 24.0 Å². The van der Waals surface area contributed by atoms with E-state index in [1.54, 1.807) is 30.5 Å². The summed E-state index contributed by atoms with van der Waals surface area (Å²) < 4.78 is 15.4. The Hall–Kier alpha value is -3.52. The summed E-state index contributed by atoms with van der Waals surface area (Å²) in [4.78, 5) is 15.6. The van der Waals surface area contributed by atoms with Crippen molar-refractivity contribution in [3.8, 4) is 5.75 Å². The van der Waals surface area contributed by atoms with Crippen LogP contribution in [-0.4, -0.2) is 48.7 Å². The van der Waals surface area contributed by atoms with Gasteiger partial charge in [-0.2, -0.15) is 4.98 Å². The van der Waals surface area contributed by atoms with Gasteiger partial charge in [0.15, 0.2) is 5.65 Å². The second-order valence-corrected chi connectivity index (χ2v) is 8.24. The number of hydrogen-bond donors (Lipinski definition) is 2. The second kappa shape index (κ2) is 8.92. The number of aromatic nitrogens is 4. The molecular formula is C24H25FN6O. The fraction of sp³-hybridized carbons (Fsp3) is 0.292. The van der Waals surface area contributed by atoms with E-state index >= 15 is 0 Å². The minimum Gasteiger partial charge on any atom is -0.508 e. The lowest BCUT2D eigenvalue weighted by Crippen LogP contribution is -2.39. The molecule has 7 nitrogen and oxygen atoms in total. The minimum atomic E-state index is -0.245. The molecule has 8 heteroatoms. The number of nitrogens with one attached hydrogen (secondary N) is 1. The van der Waals surface area contributed by atoms with Gasteiger partial charge in [-0.25, -0.2) is 14.4 Å². The zero-order valence-corrected chi connectivity index (χ0v) is 17.7. The van der Waals surface area contributed by atoms with Crippen LogP contribution in [0.15, 0.2) is 61.1 Å². The van der Waals surface area contributed by atoms with Gasteiger partial charge in [0.25, 0.3) is 0 Å². The average molecular weight is 433 g/mol. The van der Waals surface area contributed by atoms with Crippen molar-refractivity contribution in [2.45, 2.75) is 32.0 Å². The van der Waals surface area contributed by atoms with Gasteiger partial charge in [-0.15, -0.1) is 0 Å². The number of halogens is 1. The van der Waals surface area contributed by atoms with Crippen molar-refractivity contribution in [3.63, 3.8) is 0 Å². The van der Waals surface area contributed by atoms with Gasteiger partial charge in [-0.3, -0.25) is 4.90 Å². The molecule has 1 saturated heterocycles. The van der Waals surface area contributed by atoms with Gasteiger partial charge < -0.3 is 15.0 Å². The number of rotatable bonds is 6. The van der Waals surface area contributed by atoms with Crippen molar-refractivity contribution in [1.82, 2.24) is 24.4 Å². The van der Waals surface area contributed by atoms with E-state index in [1.165, 1.54) is 24.0 Å². The highest BCUT2D eigenvalue weighted by atomic mass is 19.1. The highest BCUT2D eigenvalue weighted by Crippen LogP contribution is 2.23. The molecule has 2 aromatic carbocycles. The van der Waals surface area contributed by atoms with E-state index in [0.29, 0.717) is 24.0 Å². The topological polar surface area (TPSA) is 79.1 Å². The number of hydrogen-bond acceptors (Lipinski definition) is 6. The Morgan fingerprint density at radius 1 is 0.969 bits per heavy atom. The maximum Gasteiger partial charge on any atom is 0.206 e. The molecule has 4 aromatic rings. The number of imidazole rings is 1. The highest BCUT2D eigenvalue weighted by Gasteiger charge is 2.22. The predicted molar refractivity (Wildman–Crippen MR) is 121 cm³/mol. The summed E-state index contributed by atoms with van der Waals surface area (Å²) in [7, 11) is 0. The first-order chi connectivity index (χ1) is 15.6. The van der Waals surface area contributed by atoms with Crippen LogP contribution in [0.2, 0.25) is 0 Å². The van der Waals surface area contributed by atoms with Crippen molar-refractivity contribution >= 4 is 17.1 Å². The zero-order valence-electron chi connectivity index (χ0n) is 17.7. The third kappa shape index (κ3) is 4.55. The molecule has 0 amide bonds. The Morgan fingerprint density at radius 2 is 1.66 bits per heavy atom. The zero-order chi connectivity index (χ0) is 21.9. The molecule has 0 radical (unpaired) electrons. The number of aromatic hydroxyl groups is 1. The van der Waals surface area contributed by atoms with Gasteiger partial charge >= 0.3 is 0 Å². The van der Waals surface area contributed by atoms with E-state index < -0.39 is 0 Å². The first kappa shape index (κ1) is 20.4. The Labute approximate surface area is 185 Å². The standard InChI is InChI=1S/C24H25FN6O/c25-19-5-1-18(2-6-19)15-31-22-13-26-16-27-23(22)29-24(31)28-20-9-11-30(12-10-20)14-17-3-7-21(32)8-4-17/h1-8,13,16,20,32H,9-12,14-15H2,(H,26,27,28,29). The van der Waals surface area contributed by atoms with Crippen LogP contribution >= 0.6 is 0 Å². The van der Waals surface area contributed by atoms with E-state index in [1.807, 2.05) is 12.1 Å². The van der Waals surface area contributed by atoms with Crippen molar-refractivity contribution in [2.75, 3.05) is 18.4 Å². The molecule has 2 N–H and O–H groups in total. The summed E-state index contributed by atoms with van der Waals surface area (Å²) in [6.07, 6.45) is 5.28. The van der Waals surface area contributed by atoms with Crippen LogP contribution in [0.4, 0.5) is 10.3 Å². The van der Waals surface area contributed by atoms with Crippen LogP contribution in [0, 0.1) is 5.82 Å². The molecule has 0 spiro atoms. The van der Waals surface area contributed by atoms with E-state index in [0.717, 1.165) is 49.5 Å². The monoisotopic (exact) mass is 432 g/mol. The molecule has 0 atom stereocenters. The number of benzene rings is 2. The fourth-order valence-electron chi connectivity index (χ4n) is 4.19. The molecule has 0 bridgehead atoms.